The summed E-state index contributed by atoms with van der Waals surface area (Å²) in [7, 11) is -0.847. The third-order valence-electron chi connectivity index (χ3n) is 3.37. The molecule has 0 saturated heterocycles. The van der Waals surface area contributed by atoms with Gasteiger partial charge in [-0.05, 0) is 49.4 Å². The van der Waals surface area contributed by atoms with Crippen molar-refractivity contribution in [2.24, 2.45) is 5.92 Å². The van der Waals surface area contributed by atoms with Crippen LogP contribution in [0.15, 0.2) is 23.1 Å². The maximum absolute atomic E-state index is 12.1. The number of rotatable bonds is 3. The van der Waals surface area contributed by atoms with Crippen molar-refractivity contribution in [2.45, 2.75) is 37.5 Å². The van der Waals surface area contributed by atoms with Crippen molar-refractivity contribution >= 4 is 16.5 Å². The van der Waals surface area contributed by atoms with E-state index in [-0.39, 0.29) is 0 Å². The van der Waals surface area contributed by atoms with E-state index in [0.717, 1.165) is 21.9 Å². The van der Waals surface area contributed by atoms with Gasteiger partial charge in [0.2, 0.25) is 0 Å². The van der Waals surface area contributed by atoms with Gasteiger partial charge in [-0.3, -0.25) is 4.21 Å². The lowest BCUT2D eigenvalue weighted by Crippen LogP contribution is -2.08. The molecule has 1 atom stereocenters. The molecule has 88 valence electrons. The lowest BCUT2D eigenvalue weighted by atomic mass is 10.1. The minimum absolute atomic E-state index is 0.665. The van der Waals surface area contributed by atoms with Crippen LogP contribution in [0.2, 0.25) is 0 Å². The van der Waals surface area contributed by atoms with Crippen LogP contribution in [-0.4, -0.2) is 9.96 Å². The lowest BCUT2D eigenvalue weighted by molar-refractivity contribution is 0.604. The highest BCUT2D eigenvalue weighted by molar-refractivity contribution is 7.85. The second kappa shape index (κ2) is 5.00. The highest BCUT2D eigenvalue weighted by atomic mass is 32.2. The summed E-state index contributed by atoms with van der Waals surface area (Å²) < 4.78 is 12.1. The van der Waals surface area contributed by atoms with Gasteiger partial charge in [-0.25, -0.2) is 0 Å². The Morgan fingerprint density at radius 3 is 2.69 bits per heavy atom. The second-order valence-electron chi connectivity index (χ2n) is 4.68. The lowest BCUT2D eigenvalue weighted by Gasteiger charge is -2.09. The van der Waals surface area contributed by atoms with Crippen LogP contribution in [0.25, 0.3) is 0 Å². The molecule has 3 heteroatoms. The molecule has 2 N–H and O–H groups in total. The van der Waals surface area contributed by atoms with Crippen molar-refractivity contribution < 1.29 is 4.21 Å². The molecule has 1 aromatic rings. The van der Waals surface area contributed by atoms with Crippen LogP contribution in [-0.2, 0) is 10.8 Å². The number of nitrogen functional groups attached to an aromatic ring is 1. The van der Waals surface area contributed by atoms with E-state index in [1.807, 2.05) is 25.1 Å². The maximum Gasteiger partial charge on any atom is 0.0532 e. The monoisotopic (exact) mass is 237 g/mol. The maximum atomic E-state index is 12.1. The molecule has 0 heterocycles. The summed E-state index contributed by atoms with van der Waals surface area (Å²) in [4.78, 5) is 0.929. The Morgan fingerprint density at radius 1 is 1.38 bits per heavy atom. The Kier molecular flexibility index (Phi) is 3.64. The molecule has 0 bridgehead atoms. The predicted octanol–water partition coefficient (Wildman–Crippen LogP) is 2.88. The summed E-state index contributed by atoms with van der Waals surface area (Å²) in [5.41, 5.74) is 7.56. The zero-order valence-electron chi connectivity index (χ0n) is 9.74. The zero-order valence-corrected chi connectivity index (χ0v) is 10.6. The minimum atomic E-state index is -0.847. The van der Waals surface area contributed by atoms with Gasteiger partial charge in [0.05, 0.1) is 10.8 Å². The molecule has 0 radical (unpaired) electrons. The van der Waals surface area contributed by atoms with Crippen molar-refractivity contribution in [2.75, 3.05) is 11.5 Å². The Labute approximate surface area is 99.7 Å². The molecule has 1 fully saturated rings. The van der Waals surface area contributed by atoms with Crippen LogP contribution in [0.4, 0.5) is 5.69 Å². The molecule has 1 aliphatic carbocycles. The van der Waals surface area contributed by atoms with Gasteiger partial charge in [0, 0.05) is 16.3 Å². The van der Waals surface area contributed by atoms with E-state index >= 15 is 0 Å². The number of hydrogen-bond donors (Lipinski definition) is 1. The largest absolute Gasteiger partial charge is 0.399 e. The SMILES string of the molecule is Cc1cc(S(=O)CC2CCCC2)ccc1N. The van der Waals surface area contributed by atoms with E-state index < -0.39 is 10.8 Å². The fraction of sp³-hybridized carbons (Fsp3) is 0.538. The second-order valence-corrected chi connectivity index (χ2v) is 6.18. The number of aryl methyl sites for hydroxylation is 1. The van der Waals surface area contributed by atoms with Crippen LogP contribution in [0.5, 0.6) is 0 Å². The molecule has 0 aromatic heterocycles. The fourth-order valence-electron chi connectivity index (χ4n) is 2.28. The molecule has 1 unspecified atom stereocenters. The van der Waals surface area contributed by atoms with Crippen LogP contribution < -0.4 is 5.73 Å². The summed E-state index contributed by atoms with van der Waals surface area (Å²) >= 11 is 0. The smallest absolute Gasteiger partial charge is 0.0532 e. The summed E-state index contributed by atoms with van der Waals surface area (Å²) in [6.07, 6.45) is 5.12. The molecule has 1 saturated carbocycles. The van der Waals surface area contributed by atoms with Gasteiger partial charge in [-0.2, -0.15) is 0 Å². The summed E-state index contributed by atoms with van der Waals surface area (Å²) in [5.74, 6) is 1.49. The van der Waals surface area contributed by atoms with Gasteiger partial charge in [-0.15, -0.1) is 0 Å². The van der Waals surface area contributed by atoms with E-state index in [4.69, 9.17) is 5.73 Å². The first kappa shape index (κ1) is 11.6. The average Bonchev–Trinajstić information content (AvgIpc) is 2.74. The van der Waals surface area contributed by atoms with E-state index in [1.54, 1.807) is 0 Å². The fourth-order valence-corrected chi connectivity index (χ4v) is 3.76. The van der Waals surface area contributed by atoms with Crippen LogP contribution in [0.3, 0.4) is 0 Å². The first-order valence-electron chi connectivity index (χ1n) is 5.91. The van der Waals surface area contributed by atoms with Crippen molar-refractivity contribution in [3.63, 3.8) is 0 Å². The van der Waals surface area contributed by atoms with Gasteiger partial charge in [0.25, 0.3) is 0 Å². The summed E-state index contributed by atoms with van der Waals surface area (Å²) in [6, 6.07) is 5.71. The highest BCUT2D eigenvalue weighted by Gasteiger charge is 2.18. The standard InChI is InChI=1S/C13H19NOS/c1-10-8-12(6-7-13(10)14)16(15)9-11-4-2-3-5-11/h6-8,11H,2-5,9,14H2,1H3. The van der Waals surface area contributed by atoms with Gasteiger partial charge >= 0.3 is 0 Å². The number of hydrogen-bond acceptors (Lipinski definition) is 2. The Morgan fingerprint density at radius 2 is 2.06 bits per heavy atom. The third kappa shape index (κ3) is 2.64. The van der Waals surface area contributed by atoms with Crippen molar-refractivity contribution in [3.8, 4) is 0 Å². The van der Waals surface area contributed by atoms with E-state index in [0.29, 0.717) is 5.92 Å². The van der Waals surface area contributed by atoms with Gasteiger partial charge in [0.1, 0.15) is 0 Å². The molecule has 0 amide bonds. The third-order valence-corrected chi connectivity index (χ3v) is 4.92. The molecular formula is C13H19NOS. The van der Waals surface area contributed by atoms with Crippen LogP contribution in [0, 0.1) is 12.8 Å². The van der Waals surface area contributed by atoms with Crippen LogP contribution in [0.1, 0.15) is 31.2 Å². The predicted molar refractivity (Wildman–Crippen MR) is 68.8 cm³/mol. The molecule has 2 rings (SSSR count). The van der Waals surface area contributed by atoms with E-state index in [1.165, 1.54) is 25.7 Å². The average molecular weight is 237 g/mol. The molecule has 1 aliphatic rings. The van der Waals surface area contributed by atoms with Crippen LogP contribution >= 0.6 is 0 Å². The first-order chi connectivity index (χ1) is 7.66. The van der Waals surface area contributed by atoms with Crippen molar-refractivity contribution in [3.05, 3.63) is 23.8 Å². The normalized spacial score (nSPS) is 18.8. The molecule has 2 nitrogen and oxygen atoms in total. The minimum Gasteiger partial charge on any atom is -0.399 e. The topological polar surface area (TPSA) is 43.1 Å². The molecule has 0 spiro atoms. The number of nitrogens with two attached hydrogens (primary N) is 1. The van der Waals surface area contributed by atoms with Crippen molar-refractivity contribution in [1.29, 1.82) is 0 Å². The Balaban J connectivity index is 2.05. The first-order valence-corrected chi connectivity index (χ1v) is 7.23. The summed E-state index contributed by atoms with van der Waals surface area (Å²) in [5, 5.41) is 0. The van der Waals surface area contributed by atoms with Gasteiger partial charge < -0.3 is 5.73 Å². The molecule has 1 aromatic carbocycles. The van der Waals surface area contributed by atoms with Gasteiger partial charge in [-0.1, -0.05) is 12.8 Å². The Bertz CT molecular complexity index is 397. The molecular weight excluding hydrogens is 218 g/mol. The van der Waals surface area contributed by atoms with Gasteiger partial charge in [0.15, 0.2) is 0 Å². The Hall–Kier alpha value is -0.830. The summed E-state index contributed by atoms with van der Waals surface area (Å²) in [6.45, 7) is 1.96. The molecule has 16 heavy (non-hydrogen) atoms. The van der Waals surface area contributed by atoms with E-state index in [9.17, 15) is 4.21 Å². The quantitative estimate of drug-likeness (QED) is 0.821. The number of anilines is 1. The highest BCUT2D eigenvalue weighted by Crippen LogP contribution is 2.27. The van der Waals surface area contributed by atoms with E-state index in [2.05, 4.69) is 0 Å². The number of benzene rings is 1. The van der Waals surface area contributed by atoms with Crippen molar-refractivity contribution in [1.82, 2.24) is 0 Å². The molecule has 0 aliphatic heterocycles. The zero-order chi connectivity index (χ0) is 11.5.